The number of aryl methyl sites for hydroxylation is 2. The highest BCUT2D eigenvalue weighted by Gasteiger charge is 2.29. The number of morpholine rings is 1. The zero-order valence-electron chi connectivity index (χ0n) is 13.8. The summed E-state index contributed by atoms with van der Waals surface area (Å²) in [5, 5.41) is 7.27. The lowest BCUT2D eigenvalue weighted by atomic mass is 10.1. The van der Waals surface area contributed by atoms with E-state index in [2.05, 4.69) is 10.4 Å². The number of carbonyl (C=O) groups excluding carboxylic acids is 1. The van der Waals surface area contributed by atoms with E-state index in [9.17, 15) is 9.18 Å². The van der Waals surface area contributed by atoms with Crippen LogP contribution in [0.15, 0.2) is 30.5 Å². The van der Waals surface area contributed by atoms with E-state index in [1.807, 2.05) is 14.0 Å². The predicted octanol–water partition coefficient (Wildman–Crippen LogP) is 2.73. The van der Waals surface area contributed by atoms with Gasteiger partial charge in [0.2, 0.25) is 0 Å². The molecule has 0 saturated carbocycles. The normalized spacial score (nSPS) is 17.8. The first-order chi connectivity index (χ1) is 11.6. The maximum absolute atomic E-state index is 13.1. The number of hydrogen-bond donors (Lipinski definition) is 1. The highest BCUT2D eigenvalue weighted by molar-refractivity contribution is 5.90. The zero-order chi connectivity index (χ0) is 17.1. The molecule has 2 aromatic rings. The minimum absolute atomic E-state index is 0.199. The second-order valence-corrected chi connectivity index (χ2v) is 5.78. The topological polar surface area (TPSA) is 59.4 Å². The Morgan fingerprint density at radius 2 is 2.17 bits per heavy atom. The summed E-state index contributed by atoms with van der Waals surface area (Å²) in [5.74, 6) is -0.297. The molecule has 128 valence electrons. The number of benzene rings is 1. The van der Waals surface area contributed by atoms with Gasteiger partial charge in [-0.25, -0.2) is 9.18 Å². The molecule has 1 aliphatic rings. The Balaban J connectivity index is 1.79. The van der Waals surface area contributed by atoms with Crippen molar-refractivity contribution in [2.24, 2.45) is 7.05 Å². The number of rotatable bonds is 3. The van der Waals surface area contributed by atoms with Gasteiger partial charge in [-0.2, -0.15) is 5.10 Å². The maximum atomic E-state index is 13.1. The van der Waals surface area contributed by atoms with Crippen molar-refractivity contribution in [2.75, 3.05) is 25.1 Å². The number of hydrogen-bond acceptors (Lipinski definition) is 3. The number of halogens is 1. The average molecular weight is 332 g/mol. The minimum Gasteiger partial charge on any atom is -0.377 e. The molecule has 1 N–H and O–H groups in total. The molecule has 0 spiro atoms. The number of ether oxygens (including phenoxy) is 1. The Hall–Kier alpha value is -2.41. The van der Waals surface area contributed by atoms with Gasteiger partial charge in [0.1, 0.15) is 5.82 Å². The van der Waals surface area contributed by atoms with Gasteiger partial charge >= 0.3 is 6.03 Å². The van der Waals surface area contributed by atoms with E-state index in [4.69, 9.17) is 4.74 Å². The van der Waals surface area contributed by atoms with Crippen molar-refractivity contribution in [1.29, 1.82) is 0 Å². The van der Waals surface area contributed by atoms with Gasteiger partial charge in [-0.05, 0) is 24.1 Å². The van der Waals surface area contributed by atoms with Crippen LogP contribution in [-0.2, 0) is 18.2 Å². The van der Waals surface area contributed by atoms with Gasteiger partial charge in [0.15, 0.2) is 0 Å². The summed E-state index contributed by atoms with van der Waals surface area (Å²) in [6.07, 6.45) is 2.53. The second-order valence-electron chi connectivity index (χ2n) is 5.78. The van der Waals surface area contributed by atoms with Crippen LogP contribution in [-0.4, -0.2) is 40.5 Å². The molecule has 2 heterocycles. The third-order valence-corrected chi connectivity index (χ3v) is 4.13. The van der Waals surface area contributed by atoms with Gasteiger partial charge in [-0.15, -0.1) is 0 Å². The molecular formula is C17H21FN4O2. The summed E-state index contributed by atoms with van der Waals surface area (Å²) in [4.78, 5) is 14.5. The van der Waals surface area contributed by atoms with Gasteiger partial charge in [0.25, 0.3) is 0 Å². The fourth-order valence-electron chi connectivity index (χ4n) is 2.89. The van der Waals surface area contributed by atoms with Crippen LogP contribution in [0.3, 0.4) is 0 Å². The summed E-state index contributed by atoms with van der Waals surface area (Å²) < 4.78 is 20.3. The van der Waals surface area contributed by atoms with Gasteiger partial charge < -0.3 is 15.0 Å². The molecule has 3 rings (SSSR count). The smallest absolute Gasteiger partial charge is 0.322 e. The van der Waals surface area contributed by atoms with Gasteiger partial charge in [-0.3, -0.25) is 4.68 Å². The number of aromatic nitrogens is 2. The molecule has 2 amide bonds. The van der Waals surface area contributed by atoms with Gasteiger partial charge in [0.05, 0.1) is 30.6 Å². The van der Waals surface area contributed by atoms with Crippen LogP contribution in [0, 0.1) is 5.82 Å². The maximum Gasteiger partial charge on any atom is 0.322 e. The molecule has 1 aliphatic heterocycles. The van der Waals surface area contributed by atoms with Crippen LogP contribution in [0.5, 0.6) is 0 Å². The summed E-state index contributed by atoms with van der Waals surface area (Å²) in [6, 6.07) is 5.75. The van der Waals surface area contributed by atoms with Crippen LogP contribution in [0.25, 0.3) is 0 Å². The molecule has 0 aliphatic carbocycles. The van der Waals surface area contributed by atoms with Gasteiger partial charge in [-0.1, -0.05) is 19.1 Å². The van der Waals surface area contributed by atoms with Crippen LogP contribution in [0.2, 0.25) is 0 Å². The van der Waals surface area contributed by atoms with Crippen molar-refractivity contribution in [3.8, 4) is 0 Å². The van der Waals surface area contributed by atoms with Crippen LogP contribution < -0.4 is 5.32 Å². The molecule has 1 aromatic heterocycles. The van der Waals surface area contributed by atoms with Crippen molar-refractivity contribution in [3.05, 3.63) is 47.5 Å². The second kappa shape index (κ2) is 7.00. The highest BCUT2D eigenvalue weighted by Crippen LogP contribution is 2.26. The SMILES string of the molecule is CCc1nn(C)cc1NC(=O)N1CCOC[C@@H]1c1ccc(F)cc1. The largest absolute Gasteiger partial charge is 0.377 e. The Morgan fingerprint density at radius 3 is 2.88 bits per heavy atom. The van der Waals surface area contributed by atoms with Crippen molar-refractivity contribution < 1.29 is 13.9 Å². The molecule has 6 nitrogen and oxygen atoms in total. The Labute approximate surface area is 140 Å². The minimum atomic E-state index is -0.297. The highest BCUT2D eigenvalue weighted by atomic mass is 19.1. The summed E-state index contributed by atoms with van der Waals surface area (Å²) in [6.45, 7) is 3.36. The lowest BCUT2D eigenvalue weighted by Crippen LogP contribution is -2.45. The molecule has 1 fully saturated rings. The molecule has 24 heavy (non-hydrogen) atoms. The van der Waals surface area contributed by atoms with Crippen LogP contribution >= 0.6 is 0 Å². The van der Waals surface area contributed by atoms with Crippen molar-refractivity contribution >= 4 is 11.7 Å². The fourth-order valence-corrected chi connectivity index (χ4v) is 2.89. The van der Waals surface area contributed by atoms with E-state index in [1.165, 1.54) is 12.1 Å². The molecule has 1 aromatic carbocycles. The number of amides is 2. The predicted molar refractivity (Wildman–Crippen MR) is 88.3 cm³/mol. The van der Waals surface area contributed by atoms with Crippen LogP contribution in [0.1, 0.15) is 24.2 Å². The first-order valence-electron chi connectivity index (χ1n) is 8.02. The average Bonchev–Trinajstić information content (AvgIpc) is 2.95. The van der Waals surface area contributed by atoms with E-state index in [0.717, 1.165) is 17.7 Å². The molecule has 0 unspecified atom stereocenters. The van der Waals surface area contributed by atoms with E-state index in [0.29, 0.717) is 25.4 Å². The lowest BCUT2D eigenvalue weighted by molar-refractivity contribution is 0.0147. The van der Waals surface area contributed by atoms with E-state index in [-0.39, 0.29) is 17.9 Å². The molecular weight excluding hydrogens is 311 g/mol. The number of urea groups is 1. The molecule has 1 saturated heterocycles. The van der Waals surface area contributed by atoms with E-state index >= 15 is 0 Å². The first kappa shape index (κ1) is 16.4. The Kier molecular flexibility index (Phi) is 4.80. The zero-order valence-corrected chi connectivity index (χ0v) is 13.8. The quantitative estimate of drug-likeness (QED) is 0.940. The number of carbonyl (C=O) groups is 1. The standard InChI is InChI=1S/C17H21FN4O2/c1-3-14-15(10-21(2)20-14)19-17(23)22-8-9-24-11-16(22)12-4-6-13(18)7-5-12/h4-7,10,16H,3,8-9,11H2,1-2H3,(H,19,23)/t16-/m1/s1. The number of anilines is 1. The van der Waals surface area contributed by atoms with Gasteiger partial charge in [0, 0.05) is 19.8 Å². The summed E-state index contributed by atoms with van der Waals surface area (Å²) in [5.41, 5.74) is 2.42. The first-order valence-corrected chi connectivity index (χ1v) is 8.02. The number of nitrogens with zero attached hydrogens (tertiary/aromatic N) is 3. The monoisotopic (exact) mass is 332 g/mol. The van der Waals surface area contributed by atoms with E-state index in [1.54, 1.807) is 27.9 Å². The fraction of sp³-hybridized carbons (Fsp3) is 0.412. The van der Waals surface area contributed by atoms with E-state index < -0.39 is 0 Å². The third kappa shape index (κ3) is 3.41. The Morgan fingerprint density at radius 1 is 1.42 bits per heavy atom. The lowest BCUT2D eigenvalue weighted by Gasteiger charge is -2.35. The van der Waals surface area contributed by atoms with Crippen LogP contribution in [0.4, 0.5) is 14.9 Å². The molecule has 7 heteroatoms. The summed E-state index contributed by atoms with van der Waals surface area (Å²) in [7, 11) is 1.82. The molecule has 0 radical (unpaired) electrons. The Bertz CT molecular complexity index is 714. The number of nitrogens with one attached hydrogen (secondary N) is 1. The molecule has 0 bridgehead atoms. The third-order valence-electron chi connectivity index (χ3n) is 4.13. The van der Waals surface area contributed by atoms with Crippen molar-refractivity contribution in [2.45, 2.75) is 19.4 Å². The molecule has 1 atom stereocenters. The van der Waals surface area contributed by atoms with Crippen molar-refractivity contribution in [3.63, 3.8) is 0 Å². The summed E-state index contributed by atoms with van der Waals surface area (Å²) >= 11 is 0. The van der Waals surface area contributed by atoms with Crippen molar-refractivity contribution in [1.82, 2.24) is 14.7 Å².